The number of hydrogen-bond acceptors (Lipinski definition) is 4. The number of aryl methyl sites for hydroxylation is 1. The number of piperidine rings is 1. The standard InChI is InChI=1S/C26H33N5O2.HI/c1-18-22-10-3-4-11-23(22)33-24(18)15-30-26(28-2)29-14-19-7-5-8-20(13-19)16-31-12-6-9-21(17-31)25(27)32;/h3-5,7-8,10-11,13,21H,6,9,12,14-17H2,1-2H3,(H2,27,32)(H2,28,29,30);1H. The maximum absolute atomic E-state index is 11.6. The zero-order chi connectivity index (χ0) is 23.2. The van der Waals surface area contributed by atoms with Gasteiger partial charge in [0.1, 0.15) is 11.3 Å². The summed E-state index contributed by atoms with van der Waals surface area (Å²) in [4.78, 5) is 18.2. The molecule has 2 aromatic carbocycles. The monoisotopic (exact) mass is 575 g/mol. The highest BCUT2D eigenvalue weighted by Gasteiger charge is 2.23. The highest BCUT2D eigenvalue weighted by molar-refractivity contribution is 14.0. The quantitative estimate of drug-likeness (QED) is 0.226. The number of carbonyl (C=O) groups is 1. The molecule has 7 nitrogen and oxygen atoms in total. The molecule has 1 atom stereocenters. The molecule has 1 aliphatic rings. The summed E-state index contributed by atoms with van der Waals surface area (Å²) in [5, 5.41) is 7.87. The van der Waals surface area contributed by atoms with E-state index in [0.717, 1.165) is 60.7 Å². The Morgan fingerprint density at radius 3 is 2.68 bits per heavy atom. The number of nitrogens with zero attached hydrogens (tertiary/aromatic N) is 2. The van der Waals surface area contributed by atoms with Gasteiger partial charge in [-0.1, -0.05) is 42.5 Å². The second-order valence-corrected chi connectivity index (χ2v) is 8.72. The third-order valence-electron chi connectivity index (χ3n) is 6.35. The van der Waals surface area contributed by atoms with Crippen molar-refractivity contribution in [1.29, 1.82) is 0 Å². The molecule has 1 amide bonds. The average molecular weight is 575 g/mol. The van der Waals surface area contributed by atoms with E-state index in [1.807, 2.05) is 18.2 Å². The molecule has 0 saturated carbocycles. The van der Waals surface area contributed by atoms with Gasteiger partial charge in [-0.15, -0.1) is 24.0 Å². The highest BCUT2D eigenvalue weighted by Crippen LogP contribution is 2.24. The summed E-state index contributed by atoms with van der Waals surface area (Å²) in [5.74, 6) is 1.42. The van der Waals surface area contributed by atoms with Crippen LogP contribution in [0.1, 0.15) is 35.3 Å². The Morgan fingerprint density at radius 2 is 1.91 bits per heavy atom. The van der Waals surface area contributed by atoms with Gasteiger partial charge < -0.3 is 20.8 Å². The maximum Gasteiger partial charge on any atom is 0.221 e. The van der Waals surface area contributed by atoms with Crippen molar-refractivity contribution in [2.45, 2.75) is 39.4 Å². The lowest BCUT2D eigenvalue weighted by atomic mass is 9.97. The summed E-state index contributed by atoms with van der Waals surface area (Å²) in [7, 11) is 1.77. The van der Waals surface area contributed by atoms with Crippen LogP contribution in [0.3, 0.4) is 0 Å². The Morgan fingerprint density at radius 1 is 1.15 bits per heavy atom. The van der Waals surface area contributed by atoms with Crippen LogP contribution in [0.25, 0.3) is 11.0 Å². The number of carbonyl (C=O) groups excluding carboxylic acids is 1. The number of primary amides is 1. The topological polar surface area (TPSA) is 95.9 Å². The number of para-hydroxylation sites is 1. The number of amides is 1. The minimum atomic E-state index is -0.186. The fourth-order valence-corrected chi connectivity index (χ4v) is 4.49. The predicted octanol–water partition coefficient (Wildman–Crippen LogP) is 3.92. The zero-order valence-corrected chi connectivity index (χ0v) is 22.2. The van der Waals surface area contributed by atoms with E-state index in [4.69, 9.17) is 10.2 Å². The zero-order valence-electron chi connectivity index (χ0n) is 19.8. The SMILES string of the molecule is CN=C(NCc1cccc(CN2CCCC(C(N)=O)C2)c1)NCc1oc2ccccc2c1C.I. The first kappa shape index (κ1) is 26.0. The Labute approximate surface area is 218 Å². The van der Waals surface area contributed by atoms with Crippen LogP contribution in [0.2, 0.25) is 0 Å². The maximum atomic E-state index is 11.6. The molecule has 0 spiro atoms. The van der Waals surface area contributed by atoms with Gasteiger partial charge in [0, 0.05) is 37.6 Å². The van der Waals surface area contributed by atoms with Crippen LogP contribution in [-0.2, 0) is 24.4 Å². The van der Waals surface area contributed by atoms with Gasteiger partial charge in [0.05, 0.1) is 12.5 Å². The van der Waals surface area contributed by atoms with E-state index in [2.05, 4.69) is 57.8 Å². The van der Waals surface area contributed by atoms with Gasteiger partial charge in [0.15, 0.2) is 5.96 Å². The van der Waals surface area contributed by atoms with Crippen LogP contribution < -0.4 is 16.4 Å². The number of furan rings is 1. The summed E-state index contributed by atoms with van der Waals surface area (Å²) in [6, 6.07) is 16.6. The number of halogens is 1. The van der Waals surface area contributed by atoms with E-state index >= 15 is 0 Å². The second-order valence-electron chi connectivity index (χ2n) is 8.72. The summed E-state index contributed by atoms with van der Waals surface area (Å²) >= 11 is 0. The molecule has 4 N–H and O–H groups in total. The largest absolute Gasteiger partial charge is 0.459 e. The average Bonchev–Trinajstić information content (AvgIpc) is 3.15. The van der Waals surface area contributed by atoms with E-state index in [-0.39, 0.29) is 35.8 Å². The van der Waals surface area contributed by atoms with Crippen molar-refractivity contribution in [3.8, 4) is 0 Å². The van der Waals surface area contributed by atoms with Crippen molar-refractivity contribution < 1.29 is 9.21 Å². The lowest BCUT2D eigenvalue weighted by molar-refractivity contribution is -0.123. The van der Waals surface area contributed by atoms with Gasteiger partial charge in [-0.2, -0.15) is 0 Å². The van der Waals surface area contributed by atoms with Gasteiger partial charge in [-0.05, 0) is 43.5 Å². The lowest BCUT2D eigenvalue weighted by Gasteiger charge is -2.31. The molecule has 1 saturated heterocycles. The molecule has 0 radical (unpaired) electrons. The molecule has 1 unspecified atom stereocenters. The molecule has 1 aromatic heterocycles. The van der Waals surface area contributed by atoms with Crippen LogP contribution in [0.15, 0.2) is 57.9 Å². The number of rotatable bonds is 7. The normalized spacial score (nSPS) is 16.8. The van der Waals surface area contributed by atoms with Crippen LogP contribution in [0, 0.1) is 12.8 Å². The van der Waals surface area contributed by atoms with Crippen LogP contribution in [-0.4, -0.2) is 36.9 Å². The van der Waals surface area contributed by atoms with Crippen molar-refractivity contribution in [2.75, 3.05) is 20.1 Å². The molecular formula is C26H34IN5O2. The molecule has 1 aliphatic heterocycles. The summed E-state index contributed by atoms with van der Waals surface area (Å²) in [5.41, 5.74) is 9.99. The fraction of sp³-hybridized carbons (Fsp3) is 0.385. The number of likely N-dealkylation sites (tertiary alicyclic amines) is 1. The first-order valence-electron chi connectivity index (χ1n) is 11.5. The summed E-state index contributed by atoms with van der Waals surface area (Å²) in [6.45, 7) is 5.89. The van der Waals surface area contributed by atoms with E-state index < -0.39 is 0 Å². The minimum absolute atomic E-state index is 0. The Hall–Kier alpha value is -2.59. The second kappa shape index (κ2) is 12.2. The van der Waals surface area contributed by atoms with Gasteiger partial charge in [-0.25, -0.2) is 0 Å². The predicted molar refractivity (Wildman–Crippen MR) is 147 cm³/mol. The van der Waals surface area contributed by atoms with Crippen molar-refractivity contribution in [2.24, 2.45) is 16.6 Å². The van der Waals surface area contributed by atoms with Crippen LogP contribution >= 0.6 is 24.0 Å². The Kier molecular flexibility index (Phi) is 9.35. The van der Waals surface area contributed by atoms with Gasteiger partial charge in [-0.3, -0.25) is 14.7 Å². The third kappa shape index (κ3) is 6.50. The highest BCUT2D eigenvalue weighted by atomic mass is 127. The molecule has 3 aromatic rings. The molecule has 0 bridgehead atoms. The van der Waals surface area contributed by atoms with E-state index in [1.165, 1.54) is 11.1 Å². The van der Waals surface area contributed by atoms with Gasteiger partial charge in [0.2, 0.25) is 5.91 Å². The molecule has 0 aliphatic carbocycles. The van der Waals surface area contributed by atoms with Crippen molar-refractivity contribution in [3.63, 3.8) is 0 Å². The molecule has 4 rings (SSSR count). The number of fused-ring (bicyclic) bond motifs is 1. The summed E-state index contributed by atoms with van der Waals surface area (Å²) in [6.07, 6.45) is 1.91. The fourth-order valence-electron chi connectivity index (χ4n) is 4.49. The first-order chi connectivity index (χ1) is 16.0. The van der Waals surface area contributed by atoms with Crippen molar-refractivity contribution >= 4 is 46.8 Å². The van der Waals surface area contributed by atoms with Crippen LogP contribution in [0.5, 0.6) is 0 Å². The van der Waals surface area contributed by atoms with Gasteiger partial charge in [0.25, 0.3) is 0 Å². The number of hydrogen-bond donors (Lipinski definition) is 3. The smallest absolute Gasteiger partial charge is 0.221 e. The lowest BCUT2D eigenvalue weighted by Crippen LogP contribution is -2.40. The Bertz CT molecular complexity index is 1140. The summed E-state index contributed by atoms with van der Waals surface area (Å²) < 4.78 is 5.99. The molecule has 34 heavy (non-hydrogen) atoms. The first-order valence-corrected chi connectivity index (χ1v) is 11.5. The number of aliphatic imine (C=N–C) groups is 1. The Balaban J connectivity index is 0.00000324. The number of benzene rings is 2. The molecule has 1 fully saturated rings. The molecular weight excluding hydrogens is 541 g/mol. The number of nitrogens with one attached hydrogen (secondary N) is 2. The van der Waals surface area contributed by atoms with Crippen molar-refractivity contribution in [1.82, 2.24) is 15.5 Å². The minimum Gasteiger partial charge on any atom is -0.459 e. The number of guanidine groups is 1. The molecule has 2 heterocycles. The number of nitrogens with two attached hydrogens (primary N) is 1. The van der Waals surface area contributed by atoms with Gasteiger partial charge >= 0.3 is 0 Å². The van der Waals surface area contributed by atoms with Crippen molar-refractivity contribution in [3.05, 3.63) is 71.0 Å². The van der Waals surface area contributed by atoms with E-state index in [1.54, 1.807) is 7.05 Å². The molecule has 182 valence electrons. The van der Waals surface area contributed by atoms with Crippen LogP contribution in [0.4, 0.5) is 0 Å². The van der Waals surface area contributed by atoms with E-state index in [9.17, 15) is 4.79 Å². The van der Waals surface area contributed by atoms with E-state index in [0.29, 0.717) is 13.1 Å². The molecule has 8 heteroatoms. The third-order valence-corrected chi connectivity index (χ3v) is 6.35.